The summed E-state index contributed by atoms with van der Waals surface area (Å²) in [6.07, 6.45) is 0. The van der Waals surface area contributed by atoms with Gasteiger partial charge in [0.05, 0.1) is 18.1 Å². The predicted molar refractivity (Wildman–Crippen MR) is 76.9 cm³/mol. The third-order valence-electron chi connectivity index (χ3n) is 2.77. The summed E-state index contributed by atoms with van der Waals surface area (Å²) in [6.45, 7) is 0. The van der Waals surface area contributed by atoms with Gasteiger partial charge in [0.15, 0.2) is 0 Å². The van der Waals surface area contributed by atoms with Gasteiger partial charge in [-0.15, -0.1) is 0 Å². The third-order valence-corrected chi connectivity index (χ3v) is 4.17. The Morgan fingerprint density at radius 1 is 1.23 bits per heavy atom. The first-order valence-electron chi connectivity index (χ1n) is 5.95. The first kappa shape index (κ1) is 15.7. The number of nitro groups is 1. The van der Waals surface area contributed by atoms with E-state index in [1.807, 2.05) is 4.72 Å². The molecule has 2 rings (SSSR count). The van der Waals surface area contributed by atoms with Crippen molar-refractivity contribution in [3.63, 3.8) is 0 Å². The summed E-state index contributed by atoms with van der Waals surface area (Å²) in [5.41, 5.74) is -0.784. The third kappa shape index (κ3) is 3.14. The fourth-order valence-corrected chi connectivity index (χ4v) is 2.89. The lowest BCUT2D eigenvalue weighted by Gasteiger charge is -2.10. The maximum Gasteiger partial charge on any atom is 0.297 e. The van der Waals surface area contributed by atoms with Gasteiger partial charge < -0.3 is 4.74 Å². The summed E-state index contributed by atoms with van der Waals surface area (Å²) in [7, 11) is -2.97. The van der Waals surface area contributed by atoms with Gasteiger partial charge in [0, 0.05) is 0 Å². The first-order chi connectivity index (χ1) is 10.3. The minimum Gasteiger partial charge on any atom is -0.496 e. The molecule has 0 radical (unpaired) electrons. The Labute approximate surface area is 125 Å². The van der Waals surface area contributed by atoms with Crippen LogP contribution in [0.25, 0.3) is 0 Å². The number of anilines is 1. The Morgan fingerprint density at radius 2 is 1.91 bits per heavy atom. The molecule has 116 valence electrons. The molecular weight excluding hydrogens is 315 g/mol. The molecule has 0 saturated heterocycles. The van der Waals surface area contributed by atoms with Crippen LogP contribution in [0.3, 0.4) is 0 Å². The lowest BCUT2D eigenvalue weighted by Crippen LogP contribution is -2.15. The summed E-state index contributed by atoms with van der Waals surface area (Å²) in [5.74, 6) is -0.758. The standard InChI is InChI=1S/C13H11FN2O5S/c1-21-9-6-7-11(12(8-9)16(17)18)15-22(19,20)13-5-3-2-4-10(13)14/h2-8,15H,1H3. The zero-order valence-corrected chi connectivity index (χ0v) is 12.1. The Bertz CT molecular complexity index is 823. The quantitative estimate of drug-likeness (QED) is 0.672. The molecule has 0 aliphatic carbocycles. The average Bonchev–Trinajstić information content (AvgIpc) is 2.47. The van der Waals surface area contributed by atoms with Crippen LogP contribution in [0, 0.1) is 15.9 Å². The van der Waals surface area contributed by atoms with Crippen molar-refractivity contribution >= 4 is 21.4 Å². The molecule has 9 heteroatoms. The van der Waals surface area contributed by atoms with Crippen molar-refractivity contribution in [3.05, 3.63) is 58.4 Å². The van der Waals surface area contributed by atoms with E-state index in [-0.39, 0.29) is 11.4 Å². The van der Waals surface area contributed by atoms with Gasteiger partial charge in [-0.3, -0.25) is 14.8 Å². The molecule has 0 aromatic heterocycles. The monoisotopic (exact) mass is 326 g/mol. The second-order valence-electron chi connectivity index (χ2n) is 4.18. The Kier molecular flexibility index (Phi) is 4.27. The lowest BCUT2D eigenvalue weighted by molar-refractivity contribution is -0.384. The molecule has 0 amide bonds. The number of sulfonamides is 1. The van der Waals surface area contributed by atoms with Crippen LogP contribution in [0.2, 0.25) is 0 Å². The number of methoxy groups -OCH3 is 1. The highest BCUT2D eigenvalue weighted by Crippen LogP contribution is 2.31. The molecule has 2 aromatic carbocycles. The summed E-state index contributed by atoms with van der Waals surface area (Å²) in [6, 6.07) is 8.33. The maximum absolute atomic E-state index is 13.6. The van der Waals surface area contributed by atoms with Crippen molar-refractivity contribution in [3.8, 4) is 5.75 Å². The van der Waals surface area contributed by atoms with Crippen LogP contribution in [0.15, 0.2) is 47.4 Å². The lowest BCUT2D eigenvalue weighted by atomic mass is 10.2. The van der Waals surface area contributed by atoms with Crippen molar-refractivity contribution in [2.45, 2.75) is 4.90 Å². The SMILES string of the molecule is COc1ccc(NS(=O)(=O)c2ccccc2F)c([N+](=O)[O-])c1. The predicted octanol–water partition coefficient (Wildman–Crippen LogP) is 2.54. The van der Waals surface area contributed by atoms with E-state index in [2.05, 4.69) is 0 Å². The van der Waals surface area contributed by atoms with Gasteiger partial charge in [0.25, 0.3) is 15.7 Å². The van der Waals surface area contributed by atoms with E-state index in [9.17, 15) is 22.9 Å². The molecule has 0 saturated carbocycles. The Hall–Kier alpha value is -2.68. The van der Waals surface area contributed by atoms with E-state index in [0.29, 0.717) is 0 Å². The smallest absolute Gasteiger partial charge is 0.297 e. The summed E-state index contributed by atoms with van der Waals surface area (Å²) in [5, 5.41) is 11.0. The number of hydrogen-bond acceptors (Lipinski definition) is 5. The molecule has 0 heterocycles. The van der Waals surface area contributed by atoms with Gasteiger partial charge in [-0.1, -0.05) is 12.1 Å². The van der Waals surface area contributed by atoms with Crippen molar-refractivity contribution in [1.82, 2.24) is 0 Å². The van der Waals surface area contributed by atoms with E-state index in [1.165, 1.54) is 31.4 Å². The molecule has 0 aliphatic rings. The minimum atomic E-state index is -4.29. The van der Waals surface area contributed by atoms with Crippen molar-refractivity contribution in [2.24, 2.45) is 0 Å². The molecule has 0 spiro atoms. The van der Waals surface area contributed by atoms with E-state index >= 15 is 0 Å². The Morgan fingerprint density at radius 3 is 2.50 bits per heavy atom. The largest absolute Gasteiger partial charge is 0.496 e. The molecule has 0 bridgehead atoms. The summed E-state index contributed by atoms with van der Waals surface area (Å²) < 4.78 is 44.8. The van der Waals surface area contributed by atoms with Gasteiger partial charge in [-0.05, 0) is 24.3 Å². The Balaban J connectivity index is 2.46. The molecule has 2 aromatic rings. The molecule has 1 N–H and O–H groups in total. The van der Waals surface area contributed by atoms with Gasteiger partial charge >= 0.3 is 0 Å². The van der Waals surface area contributed by atoms with E-state index in [1.54, 1.807) is 0 Å². The number of nitrogens with zero attached hydrogens (tertiary/aromatic N) is 1. The number of nitro benzene ring substituents is 1. The molecule has 7 nitrogen and oxygen atoms in total. The molecule has 0 aliphatic heterocycles. The molecule has 0 fully saturated rings. The summed E-state index contributed by atoms with van der Waals surface area (Å²) >= 11 is 0. The van der Waals surface area contributed by atoms with E-state index in [0.717, 1.165) is 18.2 Å². The highest BCUT2D eigenvalue weighted by Gasteiger charge is 2.23. The highest BCUT2D eigenvalue weighted by atomic mass is 32.2. The van der Waals surface area contributed by atoms with Crippen molar-refractivity contribution < 1.29 is 22.5 Å². The summed E-state index contributed by atoms with van der Waals surface area (Å²) in [4.78, 5) is 9.66. The van der Waals surface area contributed by atoms with Crippen LogP contribution in [0.1, 0.15) is 0 Å². The number of hydrogen-bond donors (Lipinski definition) is 1. The maximum atomic E-state index is 13.6. The van der Waals surface area contributed by atoms with Crippen LogP contribution >= 0.6 is 0 Å². The second kappa shape index (κ2) is 5.98. The number of ether oxygens (including phenoxy) is 1. The van der Waals surface area contributed by atoms with Crippen LogP contribution in [0.4, 0.5) is 15.8 Å². The minimum absolute atomic E-state index is 0.195. The van der Waals surface area contributed by atoms with Crippen LogP contribution in [-0.4, -0.2) is 20.5 Å². The van der Waals surface area contributed by atoms with Gasteiger partial charge in [0.2, 0.25) is 0 Å². The van der Waals surface area contributed by atoms with E-state index in [4.69, 9.17) is 4.74 Å². The number of benzene rings is 2. The van der Waals surface area contributed by atoms with Crippen molar-refractivity contribution in [1.29, 1.82) is 0 Å². The zero-order chi connectivity index (χ0) is 16.3. The molecule has 0 atom stereocenters. The average molecular weight is 326 g/mol. The number of halogens is 1. The number of rotatable bonds is 5. The normalized spacial score (nSPS) is 11.0. The van der Waals surface area contributed by atoms with Crippen LogP contribution in [-0.2, 0) is 10.0 Å². The highest BCUT2D eigenvalue weighted by molar-refractivity contribution is 7.92. The molecule has 22 heavy (non-hydrogen) atoms. The number of nitrogens with one attached hydrogen (secondary N) is 1. The van der Waals surface area contributed by atoms with Gasteiger partial charge in [-0.2, -0.15) is 0 Å². The fraction of sp³-hybridized carbons (Fsp3) is 0.0769. The molecular formula is C13H11FN2O5S. The van der Waals surface area contributed by atoms with Gasteiger partial charge in [-0.25, -0.2) is 12.8 Å². The van der Waals surface area contributed by atoms with Crippen LogP contribution in [0.5, 0.6) is 5.75 Å². The first-order valence-corrected chi connectivity index (χ1v) is 7.43. The zero-order valence-electron chi connectivity index (χ0n) is 11.3. The van der Waals surface area contributed by atoms with E-state index < -0.39 is 31.3 Å². The van der Waals surface area contributed by atoms with Crippen LogP contribution < -0.4 is 9.46 Å². The topological polar surface area (TPSA) is 98.5 Å². The fourth-order valence-electron chi connectivity index (χ4n) is 1.74. The second-order valence-corrected chi connectivity index (χ2v) is 5.83. The molecule has 0 unspecified atom stereocenters. The van der Waals surface area contributed by atoms with Crippen molar-refractivity contribution in [2.75, 3.05) is 11.8 Å². The van der Waals surface area contributed by atoms with Gasteiger partial charge in [0.1, 0.15) is 22.1 Å².